The Morgan fingerprint density at radius 1 is 1.24 bits per heavy atom. The summed E-state index contributed by atoms with van der Waals surface area (Å²) in [5.74, 6) is -0.145. The van der Waals surface area contributed by atoms with Crippen LogP contribution in [0, 0.1) is 0 Å². The van der Waals surface area contributed by atoms with Crippen LogP contribution in [0.2, 0.25) is 0 Å². The second-order valence-electron chi connectivity index (χ2n) is 5.35. The molecule has 21 heavy (non-hydrogen) atoms. The molecular formula is C16H17N3O2. The first-order chi connectivity index (χ1) is 10.1. The third kappa shape index (κ3) is 2.86. The average molecular weight is 283 g/mol. The van der Waals surface area contributed by atoms with Crippen molar-refractivity contribution in [2.75, 3.05) is 6.54 Å². The molecule has 5 heteroatoms. The van der Waals surface area contributed by atoms with Crippen LogP contribution in [0.25, 0.3) is 10.9 Å². The minimum absolute atomic E-state index is 0.0662. The summed E-state index contributed by atoms with van der Waals surface area (Å²) in [5, 5.41) is 3.70. The number of pyridine rings is 1. The third-order valence-electron chi connectivity index (χ3n) is 3.76. The second-order valence-corrected chi connectivity index (χ2v) is 5.35. The molecule has 2 aromatic rings. The van der Waals surface area contributed by atoms with Crippen LogP contribution in [-0.2, 0) is 16.1 Å². The summed E-state index contributed by atoms with van der Waals surface area (Å²) in [6.45, 7) is 2.39. The molecule has 1 saturated heterocycles. The fraction of sp³-hybridized carbons (Fsp3) is 0.312. The number of nitrogens with one attached hydrogen (secondary N) is 1. The van der Waals surface area contributed by atoms with E-state index < -0.39 is 0 Å². The fourth-order valence-electron chi connectivity index (χ4n) is 2.59. The maximum absolute atomic E-state index is 12.1. The summed E-state index contributed by atoms with van der Waals surface area (Å²) in [6, 6.07) is 11.7. The average Bonchev–Trinajstić information content (AvgIpc) is 2.60. The Hall–Kier alpha value is -2.43. The molecule has 0 spiro atoms. The van der Waals surface area contributed by atoms with E-state index in [2.05, 4.69) is 10.3 Å². The number of para-hydroxylation sites is 1. The van der Waals surface area contributed by atoms with Gasteiger partial charge >= 0.3 is 0 Å². The van der Waals surface area contributed by atoms with E-state index in [4.69, 9.17) is 0 Å². The zero-order chi connectivity index (χ0) is 14.8. The van der Waals surface area contributed by atoms with Gasteiger partial charge in [-0.2, -0.15) is 0 Å². The first-order valence-electron chi connectivity index (χ1n) is 7.04. The second kappa shape index (κ2) is 5.52. The van der Waals surface area contributed by atoms with E-state index in [1.807, 2.05) is 43.3 Å². The van der Waals surface area contributed by atoms with Crippen LogP contribution in [-0.4, -0.2) is 34.3 Å². The van der Waals surface area contributed by atoms with E-state index in [1.165, 1.54) is 0 Å². The molecule has 1 unspecified atom stereocenters. The number of hydrogen-bond acceptors (Lipinski definition) is 3. The van der Waals surface area contributed by atoms with Gasteiger partial charge in [0.05, 0.1) is 24.3 Å². The Labute approximate surface area is 123 Å². The Balaban J connectivity index is 1.85. The molecule has 2 heterocycles. The molecule has 0 saturated carbocycles. The van der Waals surface area contributed by atoms with Crippen LogP contribution in [0.4, 0.5) is 0 Å². The monoisotopic (exact) mass is 283 g/mol. The molecule has 1 aromatic heterocycles. The number of benzene rings is 1. The summed E-state index contributed by atoms with van der Waals surface area (Å²) < 4.78 is 0. The molecule has 2 amide bonds. The van der Waals surface area contributed by atoms with Gasteiger partial charge in [-0.05, 0) is 19.1 Å². The number of aromatic nitrogens is 1. The SMILES string of the molecule is CC1CC(=O)NCC(=O)N1Cc1ccc2ccccc2n1. The van der Waals surface area contributed by atoms with Gasteiger partial charge in [-0.1, -0.05) is 24.3 Å². The lowest BCUT2D eigenvalue weighted by atomic mass is 10.1. The summed E-state index contributed by atoms with van der Waals surface area (Å²) in [7, 11) is 0. The predicted molar refractivity (Wildman–Crippen MR) is 79.4 cm³/mol. The van der Waals surface area contributed by atoms with Gasteiger partial charge in [0.25, 0.3) is 0 Å². The fourth-order valence-corrected chi connectivity index (χ4v) is 2.59. The Kier molecular flexibility index (Phi) is 3.56. The van der Waals surface area contributed by atoms with Gasteiger partial charge in [0.2, 0.25) is 11.8 Å². The molecule has 108 valence electrons. The highest BCUT2D eigenvalue weighted by Crippen LogP contribution is 2.16. The van der Waals surface area contributed by atoms with Gasteiger partial charge in [0, 0.05) is 17.8 Å². The largest absolute Gasteiger partial charge is 0.347 e. The maximum Gasteiger partial charge on any atom is 0.242 e. The number of rotatable bonds is 2. The number of fused-ring (bicyclic) bond motifs is 1. The highest BCUT2D eigenvalue weighted by Gasteiger charge is 2.26. The summed E-state index contributed by atoms with van der Waals surface area (Å²) in [6.07, 6.45) is 0.333. The molecule has 3 rings (SSSR count). The van der Waals surface area contributed by atoms with Gasteiger partial charge in [-0.3, -0.25) is 14.6 Å². The first-order valence-corrected chi connectivity index (χ1v) is 7.04. The number of carbonyl (C=O) groups is 2. The van der Waals surface area contributed by atoms with E-state index in [-0.39, 0.29) is 24.4 Å². The third-order valence-corrected chi connectivity index (χ3v) is 3.76. The Morgan fingerprint density at radius 2 is 2.05 bits per heavy atom. The minimum Gasteiger partial charge on any atom is -0.347 e. The zero-order valence-electron chi connectivity index (χ0n) is 11.9. The van der Waals surface area contributed by atoms with Crippen molar-refractivity contribution in [3.05, 3.63) is 42.1 Å². The zero-order valence-corrected chi connectivity index (χ0v) is 11.9. The lowest BCUT2D eigenvalue weighted by molar-refractivity contribution is -0.132. The smallest absolute Gasteiger partial charge is 0.242 e. The quantitative estimate of drug-likeness (QED) is 0.908. The van der Waals surface area contributed by atoms with Crippen LogP contribution in [0.5, 0.6) is 0 Å². The van der Waals surface area contributed by atoms with Crippen LogP contribution in [0.3, 0.4) is 0 Å². The molecule has 1 aliphatic rings. The van der Waals surface area contributed by atoms with Crippen molar-refractivity contribution in [2.24, 2.45) is 0 Å². The lowest BCUT2D eigenvalue weighted by Crippen LogP contribution is -2.39. The van der Waals surface area contributed by atoms with Crippen molar-refractivity contribution in [1.29, 1.82) is 0 Å². The maximum atomic E-state index is 12.1. The molecule has 0 radical (unpaired) electrons. The molecule has 0 bridgehead atoms. The van der Waals surface area contributed by atoms with Crippen LogP contribution in [0.15, 0.2) is 36.4 Å². The highest BCUT2D eigenvalue weighted by atomic mass is 16.2. The number of carbonyl (C=O) groups excluding carboxylic acids is 2. The normalized spacial score (nSPS) is 19.5. The minimum atomic E-state index is -0.117. The van der Waals surface area contributed by atoms with Gasteiger partial charge in [0.15, 0.2) is 0 Å². The van der Waals surface area contributed by atoms with Crippen molar-refractivity contribution >= 4 is 22.7 Å². The summed E-state index contributed by atoms with van der Waals surface area (Å²) in [4.78, 5) is 29.9. The van der Waals surface area contributed by atoms with E-state index in [9.17, 15) is 9.59 Å². The van der Waals surface area contributed by atoms with Gasteiger partial charge in [-0.25, -0.2) is 0 Å². The predicted octanol–water partition coefficient (Wildman–Crippen LogP) is 1.47. The van der Waals surface area contributed by atoms with Crippen LogP contribution >= 0.6 is 0 Å². The number of amides is 2. The lowest BCUT2D eigenvalue weighted by Gasteiger charge is -2.26. The van der Waals surface area contributed by atoms with Crippen molar-refractivity contribution in [3.8, 4) is 0 Å². The van der Waals surface area contributed by atoms with E-state index in [1.54, 1.807) is 4.90 Å². The molecule has 1 aromatic carbocycles. The van der Waals surface area contributed by atoms with E-state index in [0.29, 0.717) is 13.0 Å². The van der Waals surface area contributed by atoms with E-state index in [0.717, 1.165) is 16.6 Å². The van der Waals surface area contributed by atoms with Gasteiger partial charge in [0.1, 0.15) is 0 Å². The Bertz CT molecular complexity index is 699. The van der Waals surface area contributed by atoms with Crippen LogP contribution < -0.4 is 5.32 Å². The number of hydrogen-bond donors (Lipinski definition) is 1. The molecular weight excluding hydrogens is 266 g/mol. The van der Waals surface area contributed by atoms with Crippen molar-refractivity contribution in [3.63, 3.8) is 0 Å². The van der Waals surface area contributed by atoms with Gasteiger partial charge in [-0.15, -0.1) is 0 Å². The molecule has 0 aliphatic carbocycles. The topological polar surface area (TPSA) is 62.3 Å². The Morgan fingerprint density at radius 3 is 2.90 bits per heavy atom. The van der Waals surface area contributed by atoms with Crippen molar-refractivity contribution < 1.29 is 9.59 Å². The molecule has 5 nitrogen and oxygen atoms in total. The highest BCUT2D eigenvalue weighted by molar-refractivity contribution is 5.87. The molecule has 1 N–H and O–H groups in total. The standard InChI is InChI=1S/C16H17N3O2/c1-11-8-15(20)17-9-16(21)19(11)10-13-7-6-12-4-2-3-5-14(12)18-13/h2-7,11H,8-10H2,1H3,(H,17,20). The molecule has 1 fully saturated rings. The summed E-state index contributed by atoms with van der Waals surface area (Å²) >= 11 is 0. The van der Waals surface area contributed by atoms with Crippen LogP contribution in [0.1, 0.15) is 19.0 Å². The molecule has 1 aliphatic heterocycles. The first kappa shape index (κ1) is 13.5. The number of nitrogens with zero attached hydrogens (tertiary/aromatic N) is 2. The molecule has 1 atom stereocenters. The van der Waals surface area contributed by atoms with Crippen molar-refractivity contribution in [1.82, 2.24) is 15.2 Å². The van der Waals surface area contributed by atoms with Crippen molar-refractivity contribution in [2.45, 2.75) is 25.9 Å². The van der Waals surface area contributed by atoms with Gasteiger partial charge < -0.3 is 10.2 Å². The van der Waals surface area contributed by atoms with E-state index >= 15 is 0 Å². The summed E-state index contributed by atoms with van der Waals surface area (Å²) in [5.41, 5.74) is 1.75.